The number of rotatable bonds is 11. The van der Waals surface area contributed by atoms with Crippen LogP contribution in [0.25, 0.3) is 0 Å². The molecule has 1 unspecified atom stereocenters. The van der Waals surface area contributed by atoms with Crippen LogP contribution in [-0.4, -0.2) is 83.3 Å². The van der Waals surface area contributed by atoms with Gasteiger partial charge in [0.05, 0.1) is 12.2 Å². The average Bonchev–Trinajstić information content (AvgIpc) is 3.27. The summed E-state index contributed by atoms with van der Waals surface area (Å²) < 4.78 is 57.6. The van der Waals surface area contributed by atoms with Crippen molar-refractivity contribution in [2.24, 2.45) is 29.1 Å². The highest BCUT2D eigenvalue weighted by Gasteiger charge is 2.69. The molecule has 43 heavy (non-hydrogen) atoms. The number of halogens is 4. The van der Waals surface area contributed by atoms with Crippen molar-refractivity contribution in [2.75, 3.05) is 19.7 Å². The highest BCUT2D eigenvalue weighted by molar-refractivity contribution is 5.97. The Labute approximate surface area is 245 Å². The number of hydrogen-bond acceptors (Lipinski definition) is 7. The number of nitrogens with zero attached hydrogens (tertiary/aromatic N) is 2. The second-order valence-corrected chi connectivity index (χ2v) is 12.2. The number of carbonyl (C=O) groups excluding carboxylic acids is 5. The summed E-state index contributed by atoms with van der Waals surface area (Å²) in [5.74, 6) is -7.05. The Balaban J connectivity index is 1.54. The van der Waals surface area contributed by atoms with Crippen molar-refractivity contribution in [2.45, 2.75) is 64.8 Å². The van der Waals surface area contributed by atoms with Gasteiger partial charge in [0.1, 0.15) is 24.4 Å². The van der Waals surface area contributed by atoms with Gasteiger partial charge in [-0.2, -0.15) is 17.6 Å². The van der Waals surface area contributed by atoms with E-state index < -0.39 is 72.2 Å². The lowest BCUT2D eigenvalue weighted by Crippen LogP contribution is -2.59. The smallest absolute Gasteiger partial charge is 0.471 e. The average molecular weight is 614 g/mol. The van der Waals surface area contributed by atoms with E-state index in [2.05, 4.69) is 15.6 Å². The molecule has 1 aromatic heterocycles. The Morgan fingerprint density at radius 1 is 1.19 bits per heavy atom. The van der Waals surface area contributed by atoms with Crippen LogP contribution in [0.1, 0.15) is 40.5 Å². The van der Waals surface area contributed by atoms with Crippen LogP contribution >= 0.6 is 0 Å². The van der Waals surface area contributed by atoms with E-state index in [9.17, 15) is 41.5 Å². The Kier molecular flexibility index (Phi) is 9.03. The molecule has 11 nitrogen and oxygen atoms in total. The number of hydrogen-bond donors (Lipinski definition) is 3. The zero-order valence-corrected chi connectivity index (χ0v) is 24.2. The van der Waals surface area contributed by atoms with Crippen molar-refractivity contribution in [3.05, 3.63) is 24.3 Å². The molecule has 1 aliphatic carbocycles. The fraction of sp³-hybridized carbons (Fsp3) is 0.643. The molecule has 1 aromatic rings. The Hall–Kier alpha value is -3.78. The van der Waals surface area contributed by atoms with Crippen LogP contribution in [0.4, 0.5) is 17.6 Å². The summed E-state index contributed by atoms with van der Waals surface area (Å²) in [5.41, 5.74) is -0.356. The second kappa shape index (κ2) is 12.1. The van der Waals surface area contributed by atoms with Crippen LogP contribution in [0.15, 0.2) is 18.3 Å². The first-order valence-corrected chi connectivity index (χ1v) is 14.1. The summed E-state index contributed by atoms with van der Waals surface area (Å²) in [7, 11) is 0. The number of ketones is 1. The molecule has 3 fully saturated rings. The molecule has 4 amide bonds. The van der Waals surface area contributed by atoms with Crippen molar-refractivity contribution in [3.8, 4) is 5.75 Å². The first-order chi connectivity index (χ1) is 20.0. The highest BCUT2D eigenvalue weighted by Crippen LogP contribution is 2.65. The molecule has 3 heterocycles. The second-order valence-electron chi connectivity index (χ2n) is 12.2. The highest BCUT2D eigenvalue weighted by atomic mass is 19.4. The van der Waals surface area contributed by atoms with Gasteiger partial charge in [0.15, 0.2) is 5.78 Å². The van der Waals surface area contributed by atoms with Crippen LogP contribution < -0.4 is 20.7 Å². The SMILES string of the molecule is CC(C)[C@H](NC(=O)C(F)(F)F)C(=O)N1C[C@H]2[C@@H](C1C(=O)N[C@@H](C[C@@H]1CCNC1=O)C(=O)COc1ccc(F)nc1)C2(C)C. The number of likely N-dealkylation sites (tertiary alicyclic amines) is 1. The number of carbonyl (C=O) groups is 5. The molecule has 0 radical (unpaired) electrons. The van der Waals surface area contributed by atoms with Crippen molar-refractivity contribution >= 4 is 29.4 Å². The molecule has 2 saturated heterocycles. The summed E-state index contributed by atoms with van der Waals surface area (Å²) >= 11 is 0. The minimum absolute atomic E-state index is 0.0458. The number of amides is 4. The van der Waals surface area contributed by atoms with Crippen LogP contribution in [-0.2, 0) is 24.0 Å². The fourth-order valence-electron chi connectivity index (χ4n) is 6.11. The maximum absolute atomic E-state index is 13.8. The lowest BCUT2D eigenvalue weighted by Gasteiger charge is -2.35. The third kappa shape index (κ3) is 6.90. The molecule has 15 heteroatoms. The van der Waals surface area contributed by atoms with E-state index in [1.165, 1.54) is 24.8 Å². The number of Topliss-reactive ketones (excluding diaryl/α,β-unsaturated/α-hetero) is 1. The number of alkyl halides is 3. The van der Waals surface area contributed by atoms with Gasteiger partial charge in [-0.15, -0.1) is 0 Å². The first kappa shape index (κ1) is 32.1. The van der Waals surface area contributed by atoms with E-state index in [4.69, 9.17) is 4.74 Å². The summed E-state index contributed by atoms with van der Waals surface area (Å²) in [5, 5.41) is 7.12. The minimum atomic E-state index is -5.20. The predicted octanol–water partition coefficient (Wildman–Crippen LogP) is 1.37. The molecule has 1 saturated carbocycles. The third-order valence-electron chi connectivity index (χ3n) is 8.71. The topological polar surface area (TPSA) is 147 Å². The summed E-state index contributed by atoms with van der Waals surface area (Å²) in [6, 6.07) is -1.54. The number of pyridine rings is 1. The molecule has 0 bridgehead atoms. The van der Waals surface area contributed by atoms with E-state index in [1.807, 2.05) is 13.8 Å². The quantitative estimate of drug-likeness (QED) is 0.252. The van der Waals surface area contributed by atoms with Crippen LogP contribution in [0.3, 0.4) is 0 Å². The molecule has 6 atom stereocenters. The molecular weight excluding hydrogens is 578 g/mol. The number of nitrogens with one attached hydrogen (secondary N) is 3. The summed E-state index contributed by atoms with van der Waals surface area (Å²) in [6.45, 7) is 6.73. The predicted molar refractivity (Wildman–Crippen MR) is 141 cm³/mol. The van der Waals surface area contributed by atoms with E-state index in [1.54, 1.807) is 5.32 Å². The first-order valence-electron chi connectivity index (χ1n) is 14.1. The zero-order chi connectivity index (χ0) is 31.9. The molecule has 0 aromatic carbocycles. The van der Waals surface area contributed by atoms with E-state index in [0.717, 1.165) is 12.3 Å². The van der Waals surface area contributed by atoms with Gasteiger partial charge >= 0.3 is 12.1 Å². The zero-order valence-electron chi connectivity index (χ0n) is 24.2. The molecule has 3 aliphatic rings. The van der Waals surface area contributed by atoms with Crippen LogP contribution in [0.5, 0.6) is 5.75 Å². The van der Waals surface area contributed by atoms with Gasteiger partial charge in [-0.05, 0) is 48.1 Å². The lowest BCUT2D eigenvalue weighted by atomic mass is 9.94. The Morgan fingerprint density at radius 2 is 1.88 bits per heavy atom. The third-order valence-corrected chi connectivity index (χ3v) is 8.71. The maximum atomic E-state index is 13.8. The number of fused-ring (bicyclic) bond motifs is 1. The van der Waals surface area contributed by atoms with Gasteiger partial charge in [0.2, 0.25) is 23.7 Å². The van der Waals surface area contributed by atoms with E-state index in [0.29, 0.717) is 13.0 Å². The summed E-state index contributed by atoms with van der Waals surface area (Å²) in [6.07, 6.45) is -3.73. The number of piperidine rings is 1. The molecule has 3 N–H and O–H groups in total. The van der Waals surface area contributed by atoms with Gasteiger partial charge in [-0.1, -0.05) is 27.7 Å². The van der Waals surface area contributed by atoms with Gasteiger partial charge in [-0.3, -0.25) is 24.0 Å². The van der Waals surface area contributed by atoms with Crippen molar-refractivity contribution < 1.29 is 46.3 Å². The van der Waals surface area contributed by atoms with Gasteiger partial charge in [0.25, 0.3) is 0 Å². The fourth-order valence-corrected chi connectivity index (χ4v) is 6.11. The standard InChI is InChI=1S/C28H35F4N5O6/c1-13(2)21(36-26(42)28(30,31)32)25(41)37-11-16-20(27(16,3)4)22(37)24(40)35-17(9-14-7-8-33-23(14)39)18(38)12-43-15-5-6-19(29)34-10-15/h5-6,10,13-14,16-17,20-22H,7-9,11-12H2,1-4H3,(H,33,39)(H,35,40)(H,36,42)/t14-,16-,17-,20-,21-,22?/m0/s1. The van der Waals surface area contributed by atoms with Crippen molar-refractivity contribution in [1.82, 2.24) is 25.8 Å². The number of aromatic nitrogens is 1. The van der Waals surface area contributed by atoms with Crippen molar-refractivity contribution in [3.63, 3.8) is 0 Å². The van der Waals surface area contributed by atoms with Crippen molar-refractivity contribution in [1.29, 1.82) is 0 Å². The molecule has 236 valence electrons. The van der Waals surface area contributed by atoms with Gasteiger partial charge in [-0.25, -0.2) is 4.98 Å². The van der Waals surface area contributed by atoms with Gasteiger partial charge in [0, 0.05) is 19.0 Å². The largest absolute Gasteiger partial charge is 0.484 e. The maximum Gasteiger partial charge on any atom is 0.471 e. The molecule has 2 aliphatic heterocycles. The minimum Gasteiger partial charge on any atom is -0.484 e. The lowest BCUT2D eigenvalue weighted by molar-refractivity contribution is -0.175. The van der Waals surface area contributed by atoms with Gasteiger partial charge < -0.3 is 25.6 Å². The monoisotopic (exact) mass is 613 g/mol. The Morgan fingerprint density at radius 3 is 2.44 bits per heavy atom. The Bertz CT molecular complexity index is 1270. The summed E-state index contributed by atoms with van der Waals surface area (Å²) in [4.78, 5) is 69.3. The van der Waals surface area contributed by atoms with E-state index in [-0.39, 0.29) is 41.9 Å². The number of ether oxygens (including phenoxy) is 1. The molecular formula is C28H35F4N5O6. The van der Waals surface area contributed by atoms with Crippen LogP contribution in [0, 0.1) is 35.0 Å². The normalized spacial score (nSPS) is 25.4. The van der Waals surface area contributed by atoms with Crippen LogP contribution in [0.2, 0.25) is 0 Å². The molecule has 4 rings (SSSR count). The van der Waals surface area contributed by atoms with E-state index >= 15 is 0 Å². The molecule has 0 spiro atoms.